The van der Waals surface area contributed by atoms with Crippen LogP contribution in [0.5, 0.6) is 5.88 Å². The lowest BCUT2D eigenvalue weighted by Crippen LogP contribution is -2.14. The number of pyridine rings is 1. The van der Waals surface area contributed by atoms with Gasteiger partial charge in [-0.3, -0.25) is 5.41 Å². The second kappa shape index (κ2) is 4.29. The minimum absolute atomic E-state index is 0.00419. The Balaban J connectivity index is 1.95. The fourth-order valence-electron chi connectivity index (χ4n) is 1.44. The van der Waals surface area contributed by atoms with Crippen molar-refractivity contribution in [3.63, 3.8) is 0 Å². The molecular formula is C11H15N3O. The molecule has 2 rings (SSSR count). The first-order valence-corrected chi connectivity index (χ1v) is 5.19. The average Bonchev–Trinajstić information content (AvgIpc) is 3.02. The quantitative estimate of drug-likeness (QED) is 0.565. The molecule has 0 atom stereocenters. The maximum Gasteiger partial charge on any atom is 0.224 e. The number of nitrogens with one attached hydrogen (secondary N) is 1. The third-order valence-corrected chi connectivity index (χ3v) is 2.52. The topological polar surface area (TPSA) is 72.0 Å². The van der Waals surface area contributed by atoms with E-state index in [-0.39, 0.29) is 5.84 Å². The van der Waals surface area contributed by atoms with Crippen LogP contribution in [-0.4, -0.2) is 17.4 Å². The summed E-state index contributed by atoms with van der Waals surface area (Å²) in [5, 5.41) is 7.37. The van der Waals surface area contributed by atoms with E-state index in [1.807, 2.05) is 0 Å². The summed E-state index contributed by atoms with van der Waals surface area (Å²) < 4.78 is 5.52. The summed E-state index contributed by atoms with van der Waals surface area (Å²) in [7, 11) is 0. The van der Waals surface area contributed by atoms with Crippen LogP contribution in [0.2, 0.25) is 0 Å². The normalized spacial score (nSPS) is 14.9. The summed E-state index contributed by atoms with van der Waals surface area (Å²) in [6.45, 7) is 0.669. The van der Waals surface area contributed by atoms with Gasteiger partial charge >= 0.3 is 0 Å². The van der Waals surface area contributed by atoms with Gasteiger partial charge in [-0.05, 0) is 24.5 Å². The maximum absolute atomic E-state index is 7.37. The highest BCUT2D eigenvalue weighted by molar-refractivity contribution is 5.96. The Morgan fingerprint density at radius 3 is 3.07 bits per heavy atom. The molecule has 1 aliphatic carbocycles. The lowest BCUT2D eigenvalue weighted by Gasteiger charge is -2.08. The number of nitrogens with zero attached hydrogens (tertiary/aromatic N) is 1. The number of hydrogen-bond acceptors (Lipinski definition) is 3. The highest BCUT2D eigenvalue weighted by atomic mass is 16.5. The fraction of sp³-hybridized carbons (Fsp3) is 0.455. The van der Waals surface area contributed by atoms with E-state index in [1.165, 1.54) is 12.8 Å². The second-order valence-electron chi connectivity index (χ2n) is 3.85. The van der Waals surface area contributed by atoms with E-state index in [0.29, 0.717) is 18.1 Å². The zero-order valence-corrected chi connectivity index (χ0v) is 8.57. The zero-order chi connectivity index (χ0) is 10.7. The zero-order valence-electron chi connectivity index (χ0n) is 8.57. The van der Waals surface area contributed by atoms with Gasteiger partial charge in [-0.2, -0.15) is 0 Å². The van der Waals surface area contributed by atoms with E-state index in [0.717, 1.165) is 12.3 Å². The molecule has 0 unspecified atom stereocenters. The standard InChI is InChI=1S/C11H15N3O/c12-10(13)9-2-1-6-14-11(9)15-7-5-8-3-4-8/h1-2,6,8H,3-5,7H2,(H3,12,13). The van der Waals surface area contributed by atoms with Crippen molar-refractivity contribution in [3.8, 4) is 5.88 Å². The van der Waals surface area contributed by atoms with Crippen LogP contribution < -0.4 is 10.5 Å². The Bertz CT molecular complexity index is 361. The van der Waals surface area contributed by atoms with E-state index in [4.69, 9.17) is 15.9 Å². The number of nitrogen functional groups attached to an aromatic ring is 1. The molecule has 1 heterocycles. The Morgan fingerprint density at radius 2 is 2.40 bits per heavy atom. The first-order chi connectivity index (χ1) is 7.27. The van der Waals surface area contributed by atoms with Crippen LogP contribution in [0.25, 0.3) is 0 Å². The molecule has 0 aromatic carbocycles. The minimum Gasteiger partial charge on any atom is -0.477 e. The summed E-state index contributed by atoms with van der Waals surface area (Å²) >= 11 is 0. The molecule has 0 amide bonds. The third-order valence-electron chi connectivity index (χ3n) is 2.52. The molecule has 0 saturated heterocycles. The molecule has 4 heteroatoms. The highest BCUT2D eigenvalue weighted by Crippen LogP contribution is 2.32. The SMILES string of the molecule is N=C(N)c1cccnc1OCCC1CC1. The summed E-state index contributed by atoms with van der Waals surface area (Å²) in [6.07, 6.45) is 5.38. The van der Waals surface area contributed by atoms with E-state index in [2.05, 4.69) is 4.98 Å². The lowest BCUT2D eigenvalue weighted by molar-refractivity contribution is 0.291. The van der Waals surface area contributed by atoms with Gasteiger partial charge in [-0.1, -0.05) is 12.8 Å². The lowest BCUT2D eigenvalue weighted by atomic mass is 10.2. The van der Waals surface area contributed by atoms with Gasteiger partial charge in [0, 0.05) is 6.20 Å². The largest absolute Gasteiger partial charge is 0.477 e. The Labute approximate surface area is 89.0 Å². The van der Waals surface area contributed by atoms with Crippen LogP contribution in [0.3, 0.4) is 0 Å². The van der Waals surface area contributed by atoms with Gasteiger partial charge in [0.25, 0.3) is 0 Å². The Morgan fingerprint density at radius 1 is 1.60 bits per heavy atom. The molecule has 15 heavy (non-hydrogen) atoms. The molecule has 4 nitrogen and oxygen atoms in total. The molecule has 0 aliphatic heterocycles. The van der Waals surface area contributed by atoms with E-state index in [1.54, 1.807) is 18.3 Å². The predicted octanol–water partition coefficient (Wildman–Crippen LogP) is 1.54. The van der Waals surface area contributed by atoms with Gasteiger partial charge < -0.3 is 10.5 Å². The van der Waals surface area contributed by atoms with Gasteiger partial charge in [-0.15, -0.1) is 0 Å². The van der Waals surface area contributed by atoms with Crippen LogP contribution in [0, 0.1) is 11.3 Å². The van der Waals surface area contributed by atoms with E-state index < -0.39 is 0 Å². The third kappa shape index (κ3) is 2.68. The second-order valence-corrected chi connectivity index (χ2v) is 3.85. The van der Waals surface area contributed by atoms with Crippen molar-refractivity contribution in [2.24, 2.45) is 11.7 Å². The molecule has 3 N–H and O–H groups in total. The van der Waals surface area contributed by atoms with Crippen LogP contribution in [0.15, 0.2) is 18.3 Å². The van der Waals surface area contributed by atoms with Crippen molar-refractivity contribution >= 4 is 5.84 Å². The molecule has 1 aliphatic rings. The van der Waals surface area contributed by atoms with Gasteiger partial charge in [0.1, 0.15) is 5.84 Å². The van der Waals surface area contributed by atoms with Crippen molar-refractivity contribution in [3.05, 3.63) is 23.9 Å². The summed E-state index contributed by atoms with van der Waals surface area (Å²) in [4.78, 5) is 4.07. The maximum atomic E-state index is 7.37. The molecule has 1 aromatic heterocycles. The van der Waals surface area contributed by atoms with E-state index in [9.17, 15) is 0 Å². The molecule has 1 saturated carbocycles. The van der Waals surface area contributed by atoms with Crippen molar-refractivity contribution < 1.29 is 4.74 Å². The molecule has 1 fully saturated rings. The van der Waals surface area contributed by atoms with Gasteiger partial charge in [0.2, 0.25) is 5.88 Å². The molecule has 0 radical (unpaired) electrons. The number of ether oxygens (including phenoxy) is 1. The van der Waals surface area contributed by atoms with Crippen LogP contribution >= 0.6 is 0 Å². The summed E-state index contributed by atoms with van der Waals surface area (Å²) in [6, 6.07) is 3.51. The van der Waals surface area contributed by atoms with Crippen molar-refractivity contribution in [1.29, 1.82) is 5.41 Å². The summed E-state index contributed by atoms with van der Waals surface area (Å²) in [5.41, 5.74) is 6.00. The molecule has 1 aromatic rings. The predicted molar refractivity (Wildman–Crippen MR) is 58.1 cm³/mol. The van der Waals surface area contributed by atoms with Gasteiger partial charge in [-0.25, -0.2) is 4.98 Å². The first-order valence-electron chi connectivity index (χ1n) is 5.19. The monoisotopic (exact) mass is 205 g/mol. The number of rotatable bonds is 5. The van der Waals surface area contributed by atoms with Gasteiger partial charge in [0.05, 0.1) is 12.2 Å². The van der Waals surface area contributed by atoms with Crippen LogP contribution in [0.4, 0.5) is 0 Å². The first kappa shape index (κ1) is 9.96. The molecule has 0 spiro atoms. The van der Waals surface area contributed by atoms with Gasteiger partial charge in [0.15, 0.2) is 0 Å². The molecule has 0 bridgehead atoms. The number of aromatic nitrogens is 1. The smallest absolute Gasteiger partial charge is 0.224 e. The van der Waals surface area contributed by atoms with Crippen molar-refractivity contribution in [2.45, 2.75) is 19.3 Å². The van der Waals surface area contributed by atoms with Crippen molar-refractivity contribution in [1.82, 2.24) is 4.98 Å². The van der Waals surface area contributed by atoms with Crippen LogP contribution in [0.1, 0.15) is 24.8 Å². The summed E-state index contributed by atoms with van der Waals surface area (Å²) in [5.74, 6) is 1.32. The average molecular weight is 205 g/mol. The molecule has 80 valence electrons. The molecular weight excluding hydrogens is 190 g/mol. The van der Waals surface area contributed by atoms with Crippen LogP contribution in [-0.2, 0) is 0 Å². The van der Waals surface area contributed by atoms with Crippen molar-refractivity contribution in [2.75, 3.05) is 6.61 Å². The Kier molecular flexibility index (Phi) is 2.85. The van der Waals surface area contributed by atoms with E-state index >= 15 is 0 Å². The number of amidine groups is 1. The number of nitrogens with two attached hydrogens (primary N) is 1. The number of hydrogen-bond donors (Lipinski definition) is 2. The fourth-order valence-corrected chi connectivity index (χ4v) is 1.44. The highest BCUT2D eigenvalue weighted by Gasteiger charge is 2.21. The minimum atomic E-state index is 0.00419. The Hall–Kier alpha value is -1.58.